The Labute approximate surface area is 205 Å². The predicted molar refractivity (Wildman–Crippen MR) is 126 cm³/mol. The van der Waals surface area contributed by atoms with Crippen molar-refractivity contribution in [1.82, 2.24) is 50.6 Å². The molecule has 0 amide bonds. The van der Waals surface area contributed by atoms with Crippen molar-refractivity contribution in [2.75, 3.05) is 19.6 Å². The molecule has 0 bridgehead atoms. The molecule has 5 rings (SSSR count). The van der Waals surface area contributed by atoms with E-state index >= 15 is 0 Å². The van der Waals surface area contributed by atoms with Crippen molar-refractivity contribution in [2.45, 2.75) is 28.8 Å². The Bertz CT molecular complexity index is 1630. The molecule has 3 aromatic heterocycles. The van der Waals surface area contributed by atoms with E-state index in [1.807, 2.05) is 0 Å². The van der Waals surface area contributed by atoms with Crippen molar-refractivity contribution in [3.63, 3.8) is 0 Å². The van der Waals surface area contributed by atoms with Gasteiger partial charge in [0.05, 0.1) is 12.1 Å². The lowest BCUT2D eigenvalue weighted by molar-refractivity contribution is 0.555. The Hall–Kier alpha value is -3.42. The van der Waals surface area contributed by atoms with Crippen LogP contribution in [0.5, 0.6) is 0 Å². The average molecular weight is 535 g/mol. The quantitative estimate of drug-likeness (QED) is 0.163. The highest BCUT2D eigenvalue weighted by atomic mass is 32.2. The smallest absolute Gasteiger partial charge is 0.242 e. The number of sulfonamides is 2. The lowest BCUT2D eigenvalue weighted by Crippen LogP contribution is -2.37. The van der Waals surface area contributed by atoms with Crippen LogP contribution in [0.1, 0.15) is 6.42 Å². The number of fused-ring (bicyclic) bond motifs is 1. The number of H-pyrrole nitrogens is 1. The summed E-state index contributed by atoms with van der Waals surface area (Å²) in [5, 5.41) is 30.5. The number of nitrogens with two attached hydrogens (primary N) is 2. The van der Waals surface area contributed by atoms with Gasteiger partial charge in [-0.2, -0.15) is 5.21 Å². The summed E-state index contributed by atoms with van der Waals surface area (Å²) in [4.78, 5) is 3.10. The van der Waals surface area contributed by atoms with Crippen molar-refractivity contribution in [2.24, 2.45) is 10.9 Å². The number of primary sulfonamides is 1. The van der Waals surface area contributed by atoms with Gasteiger partial charge in [0, 0.05) is 30.9 Å². The van der Waals surface area contributed by atoms with Crippen molar-refractivity contribution >= 4 is 31.2 Å². The number of nitrogens with zero attached hydrogens (tertiary/aromatic N) is 7. The summed E-state index contributed by atoms with van der Waals surface area (Å²) in [7, 11) is -8.93. The Morgan fingerprint density at radius 3 is 2.64 bits per heavy atom. The minimum Gasteiger partial charge on any atom is -0.329 e. The minimum atomic E-state index is -4.62. The maximum absolute atomic E-state index is 13.3. The first-order valence-electron chi connectivity index (χ1n) is 10.8. The molecule has 18 heteroatoms. The maximum atomic E-state index is 13.3. The third-order valence-electron chi connectivity index (χ3n) is 5.68. The molecule has 190 valence electrons. The van der Waals surface area contributed by atoms with Gasteiger partial charge in [0.25, 0.3) is 0 Å². The number of aromatic amines is 1. The molecule has 1 fully saturated rings. The zero-order chi connectivity index (χ0) is 25.5. The Morgan fingerprint density at radius 2 is 1.97 bits per heavy atom. The lowest BCUT2D eigenvalue weighted by Gasteiger charge is -2.18. The fourth-order valence-electron chi connectivity index (χ4n) is 4.17. The molecule has 0 saturated carbocycles. The molecule has 0 spiro atoms. The number of pyridine rings is 1. The number of rotatable bonds is 8. The van der Waals surface area contributed by atoms with Gasteiger partial charge < -0.3 is 11.1 Å². The summed E-state index contributed by atoms with van der Waals surface area (Å²) >= 11 is 0. The van der Waals surface area contributed by atoms with Gasteiger partial charge in [0.15, 0.2) is 5.65 Å². The summed E-state index contributed by atoms with van der Waals surface area (Å²) in [5.41, 5.74) is 6.88. The Kier molecular flexibility index (Phi) is 6.22. The van der Waals surface area contributed by atoms with Crippen LogP contribution in [0.3, 0.4) is 0 Å². The molecular weight excluding hydrogens is 512 g/mol. The Morgan fingerprint density at radius 1 is 1.14 bits per heavy atom. The largest absolute Gasteiger partial charge is 0.329 e. The third-order valence-corrected chi connectivity index (χ3v) is 8.37. The molecule has 4 aromatic rings. The van der Waals surface area contributed by atoms with Crippen molar-refractivity contribution in [3.05, 3.63) is 24.4 Å². The van der Waals surface area contributed by atoms with E-state index in [-0.39, 0.29) is 17.0 Å². The lowest BCUT2D eigenvalue weighted by atomic mass is 9.99. The van der Waals surface area contributed by atoms with Gasteiger partial charge >= 0.3 is 0 Å². The van der Waals surface area contributed by atoms with Gasteiger partial charge in [-0.05, 0) is 35.9 Å². The summed E-state index contributed by atoms with van der Waals surface area (Å²) in [6.45, 7) is 1.69. The fourth-order valence-corrected chi connectivity index (χ4v) is 7.04. The highest BCUT2D eigenvalue weighted by molar-refractivity contribution is 7.92. The van der Waals surface area contributed by atoms with E-state index in [9.17, 15) is 16.8 Å². The predicted octanol–water partition coefficient (Wildman–Crippen LogP) is -2.08. The molecule has 0 aliphatic carbocycles. The van der Waals surface area contributed by atoms with Crippen LogP contribution in [0.4, 0.5) is 0 Å². The number of hydrogen-bond donors (Lipinski definition) is 5. The summed E-state index contributed by atoms with van der Waals surface area (Å²) < 4.78 is 56.6. The molecule has 0 radical (unpaired) electrons. The highest BCUT2D eigenvalue weighted by Gasteiger charge is 2.34. The van der Waals surface area contributed by atoms with Crippen molar-refractivity contribution in [3.8, 4) is 22.5 Å². The summed E-state index contributed by atoms with van der Waals surface area (Å²) in [6.07, 6.45) is 2.04. The topological polar surface area (TPSA) is 242 Å². The van der Waals surface area contributed by atoms with E-state index in [4.69, 9.17) is 10.9 Å². The zero-order valence-corrected chi connectivity index (χ0v) is 20.3. The molecule has 0 unspecified atom stereocenters. The van der Waals surface area contributed by atoms with Gasteiger partial charge in [0.2, 0.25) is 25.9 Å². The number of aromatic nitrogens is 8. The number of hydrogen-bond acceptors (Lipinski definition) is 12. The summed E-state index contributed by atoms with van der Waals surface area (Å²) in [5.74, 6) is -0.173. The standard InChI is InChI=1S/C18H22N12O4S2/c19-5-8-30-18-15(23-29-30)12(4-7-22-18)11-1-2-13(36(33,34)26-10-3-6-21-9-10)16(35(20,31)32)14(11)17-24-27-28-25-17/h1-2,4,7,10,21,26H,3,5-6,8-9,19H2,(H2,20,31,32)(H,24,25,27,28)/t10-/m1/s1. The molecule has 36 heavy (non-hydrogen) atoms. The van der Waals surface area contributed by atoms with E-state index in [0.29, 0.717) is 49.3 Å². The van der Waals surface area contributed by atoms with E-state index < -0.39 is 35.9 Å². The first kappa shape index (κ1) is 24.3. The first-order chi connectivity index (χ1) is 17.2. The Balaban J connectivity index is 1.80. The van der Waals surface area contributed by atoms with Crippen LogP contribution in [0.2, 0.25) is 0 Å². The molecule has 1 aliphatic rings. The van der Waals surface area contributed by atoms with E-state index in [1.165, 1.54) is 23.0 Å². The summed E-state index contributed by atoms with van der Waals surface area (Å²) in [6, 6.07) is 3.80. The number of benzene rings is 1. The molecule has 1 aromatic carbocycles. The van der Waals surface area contributed by atoms with Crippen LogP contribution in [-0.2, 0) is 26.6 Å². The first-order valence-corrected chi connectivity index (χ1v) is 13.8. The SMILES string of the molecule is NCCn1nnc2c(-c3ccc(S(=O)(=O)N[C@@H]4CCNC4)c(S(N)(=O)=O)c3-c3nn[nH]n3)ccnc21. The van der Waals surface area contributed by atoms with E-state index in [0.717, 1.165) is 0 Å². The minimum absolute atomic E-state index is 0.153. The van der Waals surface area contributed by atoms with E-state index in [2.05, 4.69) is 46.0 Å². The molecular formula is C18H22N12O4S2. The second-order valence-corrected chi connectivity index (χ2v) is 11.2. The van der Waals surface area contributed by atoms with Gasteiger partial charge in [-0.1, -0.05) is 11.3 Å². The fraction of sp³-hybridized carbons (Fsp3) is 0.333. The molecule has 16 nitrogen and oxygen atoms in total. The number of tetrazole rings is 1. The van der Waals surface area contributed by atoms with Crippen LogP contribution >= 0.6 is 0 Å². The van der Waals surface area contributed by atoms with Crippen LogP contribution in [0.15, 0.2) is 34.2 Å². The van der Waals surface area contributed by atoms with Gasteiger partial charge in [-0.25, -0.2) is 36.4 Å². The van der Waals surface area contributed by atoms with Crippen LogP contribution in [0.25, 0.3) is 33.7 Å². The monoisotopic (exact) mass is 534 g/mol. The molecule has 1 atom stereocenters. The maximum Gasteiger partial charge on any atom is 0.242 e. The van der Waals surface area contributed by atoms with Crippen molar-refractivity contribution < 1.29 is 16.8 Å². The van der Waals surface area contributed by atoms with Gasteiger partial charge in [-0.15, -0.1) is 15.3 Å². The number of nitrogens with one attached hydrogen (secondary N) is 3. The zero-order valence-electron chi connectivity index (χ0n) is 18.7. The second-order valence-electron chi connectivity index (χ2n) is 8.04. The van der Waals surface area contributed by atoms with Crippen molar-refractivity contribution in [1.29, 1.82) is 0 Å². The average Bonchev–Trinajstić information content (AvgIpc) is 3.60. The molecule has 1 saturated heterocycles. The van der Waals surface area contributed by atoms with Crippen LogP contribution in [0, 0.1) is 0 Å². The van der Waals surface area contributed by atoms with Gasteiger partial charge in [0.1, 0.15) is 15.3 Å². The molecule has 4 heterocycles. The molecule has 7 N–H and O–H groups in total. The van der Waals surface area contributed by atoms with Crippen LogP contribution in [-0.4, -0.2) is 83.1 Å². The van der Waals surface area contributed by atoms with E-state index in [1.54, 1.807) is 6.07 Å². The van der Waals surface area contributed by atoms with Crippen LogP contribution < -0.4 is 20.9 Å². The normalized spacial score (nSPS) is 16.7. The van der Waals surface area contributed by atoms with Gasteiger partial charge in [-0.3, -0.25) is 0 Å². The second kappa shape index (κ2) is 9.22. The molecule has 1 aliphatic heterocycles. The highest BCUT2D eigenvalue weighted by Crippen LogP contribution is 2.40. The third kappa shape index (κ3) is 4.33.